The van der Waals surface area contributed by atoms with Crippen LogP contribution in [-0.2, 0) is 6.67 Å². The molecule has 2 amide bonds. The molecule has 1 fully saturated rings. The van der Waals surface area contributed by atoms with Crippen LogP contribution in [0, 0.1) is 0 Å². The third kappa shape index (κ3) is 3.72. The number of methoxy groups -OCH3 is 1. The third-order valence-corrected chi connectivity index (χ3v) is 6.20. The van der Waals surface area contributed by atoms with Crippen molar-refractivity contribution in [3.63, 3.8) is 0 Å². The van der Waals surface area contributed by atoms with E-state index in [1.807, 2.05) is 58.5 Å². The normalized spacial score (nSPS) is 19.6. The number of carbonyl (C=O) groups is 1. The minimum atomic E-state index is 0. The molecule has 2 atom stereocenters. The zero-order valence-corrected chi connectivity index (χ0v) is 19.3. The number of rotatable bonds is 2. The number of halogens is 1. The fraction of sp³-hybridized carbons (Fsp3) is 0.333. The Morgan fingerprint density at radius 3 is 2.62 bits per heavy atom. The van der Waals surface area contributed by atoms with Crippen LogP contribution in [0.4, 0.5) is 10.5 Å². The van der Waals surface area contributed by atoms with Gasteiger partial charge in [0, 0.05) is 36.3 Å². The Bertz CT molecular complexity index is 1110. The zero-order chi connectivity index (χ0) is 21.5. The van der Waals surface area contributed by atoms with Gasteiger partial charge in [-0.05, 0) is 44.2 Å². The number of aromatic nitrogens is 2. The molecule has 5 rings (SSSR count). The number of piperazine rings is 1. The predicted molar refractivity (Wildman–Crippen MR) is 128 cm³/mol. The lowest BCUT2D eigenvalue weighted by Crippen LogP contribution is -2.59. The zero-order valence-electron chi connectivity index (χ0n) is 18.5. The highest BCUT2D eigenvalue weighted by Gasteiger charge is 2.34. The molecule has 0 radical (unpaired) electrons. The van der Waals surface area contributed by atoms with Crippen LogP contribution in [-0.4, -0.2) is 52.8 Å². The Morgan fingerprint density at radius 1 is 1.12 bits per heavy atom. The van der Waals surface area contributed by atoms with E-state index in [-0.39, 0.29) is 30.5 Å². The number of amides is 2. The maximum Gasteiger partial charge on any atom is 0.326 e. The van der Waals surface area contributed by atoms with Gasteiger partial charge < -0.3 is 19.5 Å². The van der Waals surface area contributed by atoms with Crippen molar-refractivity contribution < 1.29 is 9.53 Å². The molecule has 2 aliphatic rings. The lowest BCUT2D eigenvalue weighted by Gasteiger charge is -2.42. The number of imidazole rings is 1. The number of urea groups is 1. The van der Waals surface area contributed by atoms with E-state index in [9.17, 15) is 4.79 Å². The molecule has 1 aromatic heterocycles. The van der Waals surface area contributed by atoms with Crippen LogP contribution in [0.3, 0.4) is 0 Å². The predicted octanol–water partition coefficient (Wildman–Crippen LogP) is 4.23. The van der Waals surface area contributed by atoms with Gasteiger partial charge in [0.25, 0.3) is 0 Å². The Labute approximate surface area is 194 Å². The molecule has 8 heteroatoms. The fourth-order valence-corrected chi connectivity index (χ4v) is 4.45. The van der Waals surface area contributed by atoms with Crippen LogP contribution in [0.2, 0.25) is 0 Å². The number of hydrogen-bond acceptors (Lipinski definition) is 4. The molecule has 1 N–H and O–H groups in total. The summed E-state index contributed by atoms with van der Waals surface area (Å²) in [5.41, 5.74) is 3.96. The molecule has 0 bridgehead atoms. The second-order valence-electron chi connectivity index (χ2n) is 8.30. The minimum Gasteiger partial charge on any atom is -0.497 e. The standard InChI is InChI=1S/C24H27N5O2.ClH/c1-16-14-27(17(2)12-25-16)24(30)29-15-28-22(20-6-4-5-7-21(20)29)13-26-23(28)18-8-10-19(31-3)11-9-18;/h4-11,13,16-17,25H,12,14-15H2,1-3H3;1H. The van der Waals surface area contributed by atoms with Crippen LogP contribution in [0.15, 0.2) is 54.7 Å². The van der Waals surface area contributed by atoms with Crippen LogP contribution >= 0.6 is 12.4 Å². The summed E-state index contributed by atoms with van der Waals surface area (Å²) in [6, 6.07) is 16.4. The summed E-state index contributed by atoms with van der Waals surface area (Å²) in [5, 5.41) is 3.45. The molecule has 0 saturated carbocycles. The molecule has 2 aromatic carbocycles. The summed E-state index contributed by atoms with van der Waals surface area (Å²) in [6.45, 7) is 6.14. The number of fused-ring (bicyclic) bond motifs is 3. The van der Waals surface area contributed by atoms with Gasteiger partial charge >= 0.3 is 6.03 Å². The van der Waals surface area contributed by atoms with Crippen LogP contribution < -0.4 is 15.0 Å². The fourth-order valence-electron chi connectivity index (χ4n) is 4.45. The van der Waals surface area contributed by atoms with Gasteiger partial charge in [0.15, 0.2) is 0 Å². The van der Waals surface area contributed by atoms with Crippen molar-refractivity contribution in [1.29, 1.82) is 0 Å². The van der Waals surface area contributed by atoms with Gasteiger partial charge in [-0.15, -0.1) is 12.4 Å². The van der Waals surface area contributed by atoms with E-state index in [4.69, 9.17) is 9.72 Å². The Hall–Kier alpha value is -3.03. The van der Waals surface area contributed by atoms with Crippen molar-refractivity contribution in [3.8, 4) is 28.4 Å². The highest BCUT2D eigenvalue weighted by Crippen LogP contribution is 2.39. The van der Waals surface area contributed by atoms with E-state index in [0.29, 0.717) is 13.2 Å². The third-order valence-electron chi connectivity index (χ3n) is 6.20. The first-order valence-electron chi connectivity index (χ1n) is 10.7. The maximum absolute atomic E-state index is 13.7. The Morgan fingerprint density at radius 2 is 1.88 bits per heavy atom. The van der Waals surface area contributed by atoms with E-state index in [1.165, 1.54) is 0 Å². The highest BCUT2D eigenvalue weighted by atomic mass is 35.5. The van der Waals surface area contributed by atoms with Crippen LogP contribution in [0.1, 0.15) is 13.8 Å². The van der Waals surface area contributed by atoms with Crippen molar-refractivity contribution in [3.05, 3.63) is 54.7 Å². The molecule has 7 nitrogen and oxygen atoms in total. The summed E-state index contributed by atoms with van der Waals surface area (Å²) in [6.07, 6.45) is 1.90. The Kier molecular flexibility index (Phi) is 6.13. The smallest absolute Gasteiger partial charge is 0.326 e. The van der Waals surface area contributed by atoms with Gasteiger partial charge in [0.2, 0.25) is 0 Å². The number of nitrogens with zero attached hydrogens (tertiary/aromatic N) is 4. The number of benzene rings is 2. The molecular weight excluding hydrogens is 426 g/mol. The lowest BCUT2D eigenvalue weighted by molar-refractivity contribution is 0.154. The number of hydrogen-bond donors (Lipinski definition) is 1. The first-order chi connectivity index (χ1) is 15.1. The first kappa shape index (κ1) is 22.2. The SMILES string of the molecule is COc1ccc(-c2ncc3n2CN(C(=O)N2CC(C)NCC2C)c2ccccc2-3)cc1.Cl. The van der Waals surface area contributed by atoms with Crippen molar-refractivity contribution in [2.75, 3.05) is 25.1 Å². The maximum atomic E-state index is 13.7. The molecule has 0 spiro atoms. The molecular formula is C24H28ClN5O2. The van der Waals surface area contributed by atoms with E-state index in [0.717, 1.165) is 40.6 Å². The van der Waals surface area contributed by atoms with Crippen molar-refractivity contribution in [1.82, 2.24) is 19.8 Å². The number of carbonyl (C=O) groups excluding carboxylic acids is 1. The second kappa shape index (κ2) is 8.84. The highest BCUT2D eigenvalue weighted by molar-refractivity contribution is 5.97. The van der Waals surface area contributed by atoms with E-state index in [1.54, 1.807) is 7.11 Å². The topological polar surface area (TPSA) is 62.6 Å². The summed E-state index contributed by atoms with van der Waals surface area (Å²) < 4.78 is 7.41. The summed E-state index contributed by atoms with van der Waals surface area (Å²) in [5.74, 6) is 1.64. The summed E-state index contributed by atoms with van der Waals surface area (Å²) in [7, 11) is 1.66. The minimum absolute atomic E-state index is 0. The van der Waals surface area contributed by atoms with Gasteiger partial charge in [-0.1, -0.05) is 18.2 Å². The molecule has 2 unspecified atom stereocenters. The second-order valence-corrected chi connectivity index (χ2v) is 8.30. The van der Waals surface area contributed by atoms with Gasteiger partial charge in [-0.25, -0.2) is 9.78 Å². The van der Waals surface area contributed by atoms with E-state index < -0.39 is 0 Å². The largest absolute Gasteiger partial charge is 0.497 e. The summed E-state index contributed by atoms with van der Waals surface area (Å²) >= 11 is 0. The van der Waals surface area contributed by atoms with E-state index >= 15 is 0 Å². The number of anilines is 1. The number of nitrogens with one attached hydrogen (secondary N) is 1. The lowest BCUT2D eigenvalue weighted by atomic mass is 10.1. The van der Waals surface area contributed by atoms with Gasteiger partial charge in [0.1, 0.15) is 18.2 Å². The van der Waals surface area contributed by atoms with Crippen molar-refractivity contribution >= 4 is 24.1 Å². The molecule has 0 aliphatic carbocycles. The van der Waals surface area contributed by atoms with Crippen LogP contribution in [0.25, 0.3) is 22.6 Å². The molecule has 3 heterocycles. The Balaban J connectivity index is 0.00000245. The van der Waals surface area contributed by atoms with Crippen molar-refractivity contribution in [2.24, 2.45) is 0 Å². The molecule has 2 aliphatic heterocycles. The number of para-hydroxylation sites is 1. The monoisotopic (exact) mass is 453 g/mol. The van der Waals surface area contributed by atoms with Crippen molar-refractivity contribution in [2.45, 2.75) is 32.6 Å². The summed E-state index contributed by atoms with van der Waals surface area (Å²) in [4.78, 5) is 22.3. The quantitative estimate of drug-likeness (QED) is 0.630. The first-order valence-corrected chi connectivity index (χ1v) is 10.7. The molecule has 1 saturated heterocycles. The van der Waals surface area contributed by atoms with Gasteiger partial charge in [0.05, 0.1) is 24.7 Å². The molecule has 168 valence electrons. The van der Waals surface area contributed by atoms with E-state index in [2.05, 4.69) is 29.8 Å². The van der Waals surface area contributed by atoms with Crippen LogP contribution in [0.5, 0.6) is 5.75 Å². The number of ether oxygens (including phenoxy) is 1. The average Bonchev–Trinajstić information content (AvgIpc) is 3.24. The van der Waals surface area contributed by atoms with Gasteiger partial charge in [-0.2, -0.15) is 0 Å². The average molecular weight is 454 g/mol. The molecule has 32 heavy (non-hydrogen) atoms. The van der Waals surface area contributed by atoms with Gasteiger partial charge in [-0.3, -0.25) is 4.90 Å². The molecule has 3 aromatic rings.